The normalized spacial score (nSPS) is 14.2. The minimum Gasteiger partial charge on any atom is -0.497 e. The first kappa shape index (κ1) is 12.6. The fourth-order valence-electron chi connectivity index (χ4n) is 1.68. The quantitative estimate of drug-likeness (QED) is 0.668. The lowest BCUT2D eigenvalue weighted by Crippen LogP contribution is -2.20. The summed E-state index contributed by atoms with van der Waals surface area (Å²) in [5.74, 6) is 0.728. The van der Waals surface area contributed by atoms with Crippen molar-refractivity contribution in [3.05, 3.63) is 18.2 Å². The molecule has 4 nitrogen and oxygen atoms in total. The first-order valence-electron chi connectivity index (χ1n) is 5.40. The number of hydrogen-bond donors (Lipinski definition) is 3. The van der Waals surface area contributed by atoms with Gasteiger partial charge in [-0.1, -0.05) is 0 Å². The van der Waals surface area contributed by atoms with Gasteiger partial charge < -0.3 is 20.9 Å². The molecule has 0 bridgehead atoms. The molecule has 0 fully saturated rings. The van der Waals surface area contributed by atoms with Crippen molar-refractivity contribution in [3.63, 3.8) is 0 Å². The number of aliphatic hydroxyl groups excluding tert-OH is 1. The summed E-state index contributed by atoms with van der Waals surface area (Å²) < 4.78 is 5.13. The molecule has 90 valence electrons. The molecule has 16 heavy (non-hydrogen) atoms. The summed E-state index contributed by atoms with van der Waals surface area (Å²) in [5.41, 5.74) is 7.31. The van der Waals surface area contributed by atoms with Gasteiger partial charge in [0.15, 0.2) is 0 Å². The summed E-state index contributed by atoms with van der Waals surface area (Å²) in [6, 6.07) is 5.69. The van der Waals surface area contributed by atoms with E-state index < -0.39 is 0 Å². The highest BCUT2D eigenvalue weighted by molar-refractivity contribution is 5.59. The number of methoxy groups -OCH3 is 1. The number of ether oxygens (including phenoxy) is 1. The third-order valence-electron chi connectivity index (χ3n) is 2.27. The molecule has 0 aliphatic carbocycles. The maximum atomic E-state index is 9.27. The average molecular weight is 224 g/mol. The molecular weight excluding hydrogens is 204 g/mol. The highest BCUT2D eigenvalue weighted by atomic mass is 16.5. The number of nitrogen functional groups attached to an aromatic ring is 1. The molecule has 0 amide bonds. The minimum absolute atomic E-state index is 0.187. The van der Waals surface area contributed by atoms with Crippen molar-refractivity contribution < 1.29 is 9.84 Å². The number of anilines is 2. The van der Waals surface area contributed by atoms with E-state index in [9.17, 15) is 5.11 Å². The van der Waals surface area contributed by atoms with E-state index in [1.807, 2.05) is 19.1 Å². The summed E-state index contributed by atoms with van der Waals surface area (Å²) >= 11 is 0. The largest absolute Gasteiger partial charge is 0.497 e. The molecule has 1 aromatic carbocycles. The molecule has 0 saturated carbocycles. The highest BCUT2D eigenvalue weighted by Crippen LogP contribution is 2.23. The monoisotopic (exact) mass is 224 g/mol. The van der Waals surface area contributed by atoms with E-state index in [0.29, 0.717) is 12.1 Å². The van der Waals surface area contributed by atoms with Gasteiger partial charge in [0.1, 0.15) is 5.75 Å². The number of nitrogens with one attached hydrogen (secondary N) is 1. The summed E-state index contributed by atoms with van der Waals surface area (Å²) in [6.45, 7) is 3.79. The zero-order valence-electron chi connectivity index (χ0n) is 10.0. The van der Waals surface area contributed by atoms with Crippen LogP contribution in [0.1, 0.15) is 20.3 Å². The zero-order chi connectivity index (χ0) is 12.1. The maximum Gasteiger partial charge on any atom is 0.122 e. The van der Waals surface area contributed by atoms with E-state index in [1.54, 1.807) is 20.1 Å². The van der Waals surface area contributed by atoms with Crippen molar-refractivity contribution in [2.24, 2.45) is 0 Å². The Kier molecular flexibility index (Phi) is 4.43. The predicted molar refractivity (Wildman–Crippen MR) is 66.8 cm³/mol. The van der Waals surface area contributed by atoms with Crippen LogP contribution in [0.4, 0.5) is 11.4 Å². The molecular formula is C12H20N2O2. The summed E-state index contributed by atoms with van der Waals surface area (Å²) in [6.07, 6.45) is 0.377. The van der Waals surface area contributed by atoms with Crippen molar-refractivity contribution in [2.45, 2.75) is 32.4 Å². The van der Waals surface area contributed by atoms with Gasteiger partial charge in [-0.25, -0.2) is 0 Å². The van der Waals surface area contributed by atoms with Crippen LogP contribution in [-0.2, 0) is 0 Å². The first-order chi connectivity index (χ1) is 7.51. The van der Waals surface area contributed by atoms with Crippen LogP contribution in [0, 0.1) is 0 Å². The van der Waals surface area contributed by atoms with Gasteiger partial charge >= 0.3 is 0 Å². The molecule has 2 atom stereocenters. The van der Waals surface area contributed by atoms with Crippen molar-refractivity contribution in [1.29, 1.82) is 0 Å². The molecule has 0 heterocycles. The van der Waals surface area contributed by atoms with Crippen LogP contribution < -0.4 is 15.8 Å². The van der Waals surface area contributed by atoms with E-state index in [0.717, 1.165) is 11.4 Å². The fraction of sp³-hybridized carbons (Fsp3) is 0.500. The molecule has 0 aliphatic heterocycles. The van der Waals surface area contributed by atoms with E-state index in [1.165, 1.54) is 0 Å². The van der Waals surface area contributed by atoms with E-state index in [-0.39, 0.29) is 12.1 Å². The standard InChI is InChI=1S/C12H20N2O2/c1-8(4-9(2)15)14-11-5-10(13)6-12(7-11)16-3/h5-9,14-15H,4,13H2,1-3H3. The number of benzene rings is 1. The zero-order valence-corrected chi connectivity index (χ0v) is 10.0. The van der Waals surface area contributed by atoms with Crippen molar-refractivity contribution in [3.8, 4) is 5.75 Å². The molecule has 0 radical (unpaired) electrons. The van der Waals surface area contributed by atoms with Crippen LogP contribution in [0.15, 0.2) is 18.2 Å². The molecule has 1 aromatic rings. The molecule has 0 saturated heterocycles. The van der Waals surface area contributed by atoms with Crippen molar-refractivity contribution >= 4 is 11.4 Å². The lowest BCUT2D eigenvalue weighted by Gasteiger charge is -2.17. The molecule has 4 N–H and O–H groups in total. The highest BCUT2D eigenvalue weighted by Gasteiger charge is 2.07. The molecule has 2 unspecified atom stereocenters. The predicted octanol–water partition coefficient (Wildman–Crippen LogP) is 1.85. The Bertz CT molecular complexity index is 340. The smallest absolute Gasteiger partial charge is 0.122 e. The lowest BCUT2D eigenvalue weighted by molar-refractivity contribution is 0.179. The first-order valence-corrected chi connectivity index (χ1v) is 5.40. The van der Waals surface area contributed by atoms with Gasteiger partial charge in [0, 0.05) is 29.5 Å². The third-order valence-corrected chi connectivity index (χ3v) is 2.27. The van der Waals surface area contributed by atoms with Crippen LogP contribution in [0.25, 0.3) is 0 Å². The van der Waals surface area contributed by atoms with E-state index >= 15 is 0 Å². The Hall–Kier alpha value is -1.42. The van der Waals surface area contributed by atoms with E-state index in [4.69, 9.17) is 10.5 Å². The van der Waals surface area contributed by atoms with Gasteiger partial charge in [-0.15, -0.1) is 0 Å². The number of aliphatic hydroxyl groups is 1. The van der Waals surface area contributed by atoms with Gasteiger partial charge in [0.25, 0.3) is 0 Å². The fourth-order valence-corrected chi connectivity index (χ4v) is 1.68. The van der Waals surface area contributed by atoms with Gasteiger partial charge in [-0.2, -0.15) is 0 Å². The van der Waals surface area contributed by atoms with Crippen LogP contribution in [0.3, 0.4) is 0 Å². The molecule has 1 rings (SSSR count). The second-order valence-electron chi connectivity index (χ2n) is 4.12. The number of rotatable bonds is 5. The summed E-state index contributed by atoms with van der Waals surface area (Å²) in [5, 5.41) is 12.5. The van der Waals surface area contributed by atoms with Crippen LogP contribution >= 0.6 is 0 Å². The maximum absolute atomic E-state index is 9.27. The Morgan fingerprint density at radius 3 is 2.62 bits per heavy atom. The molecule has 0 aromatic heterocycles. The summed E-state index contributed by atoms with van der Waals surface area (Å²) in [4.78, 5) is 0. The Labute approximate surface area is 96.4 Å². The Balaban J connectivity index is 2.69. The van der Waals surface area contributed by atoms with Crippen LogP contribution in [0.5, 0.6) is 5.75 Å². The topological polar surface area (TPSA) is 67.5 Å². The molecule has 0 spiro atoms. The SMILES string of the molecule is COc1cc(N)cc(NC(C)CC(C)O)c1. The second kappa shape index (κ2) is 5.61. The number of hydrogen-bond acceptors (Lipinski definition) is 4. The second-order valence-corrected chi connectivity index (χ2v) is 4.12. The lowest BCUT2D eigenvalue weighted by atomic mass is 10.1. The summed E-state index contributed by atoms with van der Waals surface area (Å²) in [7, 11) is 1.61. The van der Waals surface area contributed by atoms with Gasteiger partial charge in [0.05, 0.1) is 13.2 Å². The average Bonchev–Trinajstić information content (AvgIpc) is 2.14. The Morgan fingerprint density at radius 1 is 1.38 bits per heavy atom. The third kappa shape index (κ3) is 3.98. The van der Waals surface area contributed by atoms with Gasteiger partial charge in [-0.05, 0) is 26.3 Å². The van der Waals surface area contributed by atoms with E-state index in [2.05, 4.69) is 5.32 Å². The number of nitrogens with two attached hydrogens (primary N) is 1. The van der Waals surface area contributed by atoms with Crippen molar-refractivity contribution in [2.75, 3.05) is 18.2 Å². The molecule has 4 heteroatoms. The van der Waals surface area contributed by atoms with Crippen LogP contribution in [0.2, 0.25) is 0 Å². The van der Waals surface area contributed by atoms with Gasteiger partial charge in [-0.3, -0.25) is 0 Å². The van der Waals surface area contributed by atoms with Gasteiger partial charge in [0.2, 0.25) is 0 Å². The van der Waals surface area contributed by atoms with Crippen molar-refractivity contribution in [1.82, 2.24) is 0 Å². The minimum atomic E-state index is -0.314. The Morgan fingerprint density at radius 2 is 2.06 bits per heavy atom. The molecule has 0 aliphatic rings. The van der Waals surface area contributed by atoms with Crippen LogP contribution in [-0.4, -0.2) is 24.4 Å².